The Balaban J connectivity index is 2.78. The molecular weight excluding hydrogens is 362 g/mol. The minimum Gasteiger partial charge on any atom is -0.480 e. The van der Waals surface area contributed by atoms with Gasteiger partial charge in [-0.15, -0.1) is 0 Å². The molecule has 0 bridgehead atoms. The summed E-state index contributed by atoms with van der Waals surface area (Å²) < 4.78 is 26.8. The van der Waals surface area contributed by atoms with Crippen molar-refractivity contribution in [3.05, 3.63) is 24.3 Å². The monoisotopic (exact) mass is 385 g/mol. The fourth-order valence-electron chi connectivity index (χ4n) is 2.04. The summed E-state index contributed by atoms with van der Waals surface area (Å²) in [7, 11) is -4.09. The van der Waals surface area contributed by atoms with Crippen molar-refractivity contribution in [3.8, 4) is 0 Å². The van der Waals surface area contributed by atoms with Crippen molar-refractivity contribution in [3.63, 3.8) is 0 Å². The number of carbonyl (C=O) groups excluding carboxylic acids is 2. The lowest BCUT2D eigenvalue weighted by molar-refractivity contribution is -0.139. The van der Waals surface area contributed by atoms with E-state index in [1.165, 1.54) is 31.2 Å². The van der Waals surface area contributed by atoms with Gasteiger partial charge in [0.15, 0.2) is 0 Å². The third-order valence-electron chi connectivity index (χ3n) is 3.31. The van der Waals surface area contributed by atoms with E-state index in [0.29, 0.717) is 12.2 Å². The minimum atomic E-state index is -4.09. The molecule has 0 spiro atoms. The molecule has 1 atom stereocenters. The summed E-state index contributed by atoms with van der Waals surface area (Å²) >= 11 is 0. The number of benzene rings is 1. The van der Waals surface area contributed by atoms with Gasteiger partial charge >= 0.3 is 5.97 Å². The van der Waals surface area contributed by atoms with Crippen molar-refractivity contribution in [2.24, 2.45) is 0 Å². The molecule has 4 N–H and O–H groups in total. The summed E-state index contributed by atoms with van der Waals surface area (Å²) in [6, 6.07) is 3.86. The number of carboxylic acid groups (broad SMARTS) is 1. The number of anilines is 1. The quantitative estimate of drug-likeness (QED) is 0.467. The predicted octanol–water partition coefficient (Wildman–Crippen LogP) is 0.683. The SMILES string of the molecule is CCCNC(=O)CC[C@H](NS(=O)(=O)c1ccc(NC(C)=O)cc1)C(=O)O. The van der Waals surface area contributed by atoms with Gasteiger partial charge in [-0.3, -0.25) is 14.4 Å². The Labute approximate surface area is 152 Å². The maximum absolute atomic E-state index is 12.3. The molecule has 0 fully saturated rings. The first-order valence-electron chi connectivity index (χ1n) is 8.05. The average molecular weight is 385 g/mol. The molecule has 0 unspecified atom stereocenters. The van der Waals surface area contributed by atoms with Gasteiger partial charge in [0, 0.05) is 25.6 Å². The molecule has 0 aliphatic carbocycles. The predicted molar refractivity (Wildman–Crippen MR) is 95.0 cm³/mol. The Morgan fingerprint density at radius 3 is 2.27 bits per heavy atom. The first kappa shape index (κ1) is 21.6. The second-order valence-electron chi connectivity index (χ2n) is 5.61. The number of sulfonamides is 1. The molecule has 0 saturated carbocycles. The highest BCUT2D eigenvalue weighted by Crippen LogP contribution is 2.15. The lowest BCUT2D eigenvalue weighted by Gasteiger charge is -2.15. The number of carboxylic acids is 1. The van der Waals surface area contributed by atoms with Crippen molar-refractivity contribution in [2.45, 2.75) is 44.0 Å². The zero-order chi connectivity index (χ0) is 19.7. The van der Waals surface area contributed by atoms with Crippen LogP contribution < -0.4 is 15.4 Å². The van der Waals surface area contributed by atoms with Crippen molar-refractivity contribution in [1.29, 1.82) is 0 Å². The molecule has 9 nitrogen and oxygen atoms in total. The van der Waals surface area contributed by atoms with Crippen LogP contribution in [0.2, 0.25) is 0 Å². The van der Waals surface area contributed by atoms with Crippen molar-refractivity contribution in [1.82, 2.24) is 10.0 Å². The van der Waals surface area contributed by atoms with E-state index in [2.05, 4.69) is 15.4 Å². The summed E-state index contributed by atoms with van der Waals surface area (Å²) in [6.45, 7) is 3.68. The van der Waals surface area contributed by atoms with Crippen LogP contribution in [0.5, 0.6) is 0 Å². The molecule has 144 valence electrons. The largest absolute Gasteiger partial charge is 0.480 e. The van der Waals surface area contributed by atoms with Gasteiger partial charge in [0.2, 0.25) is 21.8 Å². The van der Waals surface area contributed by atoms with Crippen molar-refractivity contribution in [2.75, 3.05) is 11.9 Å². The van der Waals surface area contributed by atoms with E-state index in [1.54, 1.807) is 0 Å². The summed E-state index contributed by atoms with van der Waals surface area (Å²) in [6.07, 6.45) is 0.463. The normalized spacial score (nSPS) is 12.2. The average Bonchev–Trinajstić information content (AvgIpc) is 2.56. The van der Waals surface area contributed by atoms with Gasteiger partial charge in [-0.2, -0.15) is 4.72 Å². The highest BCUT2D eigenvalue weighted by Gasteiger charge is 2.26. The van der Waals surface area contributed by atoms with E-state index < -0.39 is 22.0 Å². The number of hydrogen-bond donors (Lipinski definition) is 4. The van der Waals surface area contributed by atoms with E-state index >= 15 is 0 Å². The Hall–Kier alpha value is -2.46. The van der Waals surface area contributed by atoms with Gasteiger partial charge in [-0.1, -0.05) is 6.92 Å². The first-order chi connectivity index (χ1) is 12.2. The molecule has 0 aliphatic rings. The number of nitrogens with one attached hydrogen (secondary N) is 3. The number of rotatable bonds is 10. The third-order valence-corrected chi connectivity index (χ3v) is 4.80. The molecule has 1 aromatic rings. The van der Waals surface area contributed by atoms with Gasteiger partial charge in [-0.05, 0) is 37.1 Å². The van der Waals surface area contributed by atoms with Crippen LogP contribution in [0.4, 0.5) is 5.69 Å². The Morgan fingerprint density at radius 1 is 1.15 bits per heavy atom. The minimum absolute atomic E-state index is 0.110. The van der Waals surface area contributed by atoms with Crippen LogP contribution in [-0.2, 0) is 24.4 Å². The maximum atomic E-state index is 12.3. The van der Waals surface area contributed by atoms with Gasteiger partial charge in [0.05, 0.1) is 4.90 Å². The molecule has 0 radical (unpaired) electrons. The van der Waals surface area contributed by atoms with Gasteiger partial charge in [0.25, 0.3) is 0 Å². The summed E-state index contributed by atoms with van der Waals surface area (Å²) in [5.41, 5.74) is 0.416. The molecule has 10 heteroatoms. The molecular formula is C16H23N3O6S. The Bertz CT molecular complexity index is 746. The Morgan fingerprint density at radius 2 is 1.77 bits per heavy atom. The van der Waals surface area contributed by atoms with Gasteiger partial charge < -0.3 is 15.7 Å². The molecule has 0 aromatic heterocycles. The highest BCUT2D eigenvalue weighted by atomic mass is 32.2. The van der Waals surface area contributed by atoms with E-state index in [1.807, 2.05) is 6.92 Å². The van der Waals surface area contributed by atoms with E-state index in [-0.39, 0.29) is 29.6 Å². The van der Waals surface area contributed by atoms with Crippen LogP contribution in [0, 0.1) is 0 Å². The first-order valence-corrected chi connectivity index (χ1v) is 9.53. The van der Waals surface area contributed by atoms with Crippen molar-refractivity contribution < 1.29 is 27.9 Å². The molecule has 2 amide bonds. The molecule has 0 saturated heterocycles. The molecule has 0 heterocycles. The lowest BCUT2D eigenvalue weighted by Crippen LogP contribution is -2.41. The second kappa shape index (κ2) is 9.88. The summed E-state index contributed by atoms with van der Waals surface area (Å²) in [4.78, 5) is 33.7. The molecule has 1 rings (SSSR count). The smallest absolute Gasteiger partial charge is 0.321 e. The highest BCUT2D eigenvalue weighted by molar-refractivity contribution is 7.89. The van der Waals surface area contributed by atoms with Crippen LogP contribution in [0.25, 0.3) is 0 Å². The maximum Gasteiger partial charge on any atom is 0.321 e. The van der Waals surface area contributed by atoms with Crippen molar-refractivity contribution >= 4 is 33.5 Å². The molecule has 1 aromatic carbocycles. The summed E-state index contributed by atoms with van der Waals surface area (Å²) in [5, 5.41) is 14.3. The standard InChI is InChI=1S/C16H23N3O6S/c1-3-10-17-15(21)9-8-14(16(22)23)19-26(24,25)13-6-4-12(5-7-13)18-11(2)20/h4-7,14,19H,3,8-10H2,1-2H3,(H,17,21)(H,18,20)(H,22,23)/t14-/m0/s1. The fraction of sp³-hybridized carbons (Fsp3) is 0.438. The molecule has 0 aliphatic heterocycles. The van der Waals surface area contributed by atoms with Gasteiger partial charge in [-0.25, -0.2) is 8.42 Å². The van der Waals surface area contributed by atoms with Crippen LogP contribution >= 0.6 is 0 Å². The van der Waals surface area contributed by atoms with Crippen LogP contribution in [0.3, 0.4) is 0 Å². The molecule has 26 heavy (non-hydrogen) atoms. The Kier molecular flexibility index (Phi) is 8.20. The topological polar surface area (TPSA) is 142 Å². The van der Waals surface area contributed by atoms with E-state index in [9.17, 15) is 27.9 Å². The van der Waals surface area contributed by atoms with Gasteiger partial charge in [0.1, 0.15) is 6.04 Å². The number of aliphatic carboxylic acids is 1. The van der Waals surface area contributed by atoms with Crippen LogP contribution in [-0.4, -0.2) is 43.9 Å². The number of hydrogen-bond acceptors (Lipinski definition) is 5. The second-order valence-corrected chi connectivity index (χ2v) is 7.32. The fourth-order valence-corrected chi connectivity index (χ4v) is 3.26. The lowest BCUT2D eigenvalue weighted by atomic mass is 10.1. The summed E-state index contributed by atoms with van der Waals surface area (Å²) in [5.74, 6) is -2.00. The zero-order valence-corrected chi connectivity index (χ0v) is 15.4. The number of carbonyl (C=O) groups is 3. The number of amides is 2. The third kappa shape index (κ3) is 7.19. The van der Waals surface area contributed by atoms with Crippen LogP contribution in [0.1, 0.15) is 33.1 Å². The zero-order valence-electron chi connectivity index (χ0n) is 14.6. The van der Waals surface area contributed by atoms with E-state index in [4.69, 9.17) is 0 Å². The van der Waals surface area contributed by atoms with Crippen LogP contribution in [0.15, 0.2) is 29.2 Å². The van der Waals surface area contributed by atoms with E-state index in [0.717, 1.165) is 6.42 Å².